The zero-order chi connectivity index (χ0) is 14.9. The van der Waals surface area contributed by atoms with Gasteiger partial charge in [-0.25, -0.2) is 27.5 Å². The molecule has 0 radical (unpaired) electrons. The summed E-state index contributed by atoms with van der Waals surface area (Å²) in [5.41, 5.74) is 5.41. The second-order valence-corrected chi connectivity index (χ2v) is 5.97. The molecule has 0 aliphatic carbocycles. The molecule has 6 nitrogen and oxygen atoms in total. The summed E-state index contributed by atoms with van der Waals surface area (Å²) in [4.78, 5) is 7.13. The SMILES string of the molecule is Cc1c(F)cc(N)cc1S(=O)(=O)Nc1nccc(Cl)n1. The lowest BCUT2D eigenvalue weighted by atomic mass is 10.2. The fourth-order valence-corrected chi connectivity index (χ4v) is 2.89. The van der Waals surface area contributed by atoms with Crippen molar-refractivity contribution >= 4 is 33.3 Å². The number of halogens is 2. The molecule has 0 spiro atoms. The van der Waals surface area contributed by atoms with Crippen LogP contribution in [0, 0.1) is 12.7 Å². The number of sulfonamides is 1. The molecular formula is C11H10ClFN4O2S. The number of benzene rings is 1. The van der Waals surface area contributed by atoms with Gasteiger partial charge in [-0.05, 0) is 25.1 Å². The molecule has 106 valence electrons. The van der Waals surface area contributed by atoms with E-state index in [0.29, 0.717) is 0 Å². The monoisotopic (exact) mass is 316 g/mol. The Morgan fingerprint density at radius 3 is 2.75 bits per heavy atom. The highest BCUT2D eigenvalue weighted by atomic mass is 35.5. The molecule has 1 aromatic heterocycles. The predicted octanol–water partition coefficient (Wildman–Crippen LogP) is 1.96. The van der Waals surface area contributed by atoms with Crippen LogP contribution >= 0.6 is 11.6 Å². The lowest BCUT2D eigenvalue weighted by Gasteiger charge is -2.10. The molecule has 0 atom stereocenters. The minimum atomic E-state index is -4.06. The number of rotatable bonds is 3. The van der Waals surface area contributed by atoms with Crippen molar-refractivity contribution < 1.29 is 12.8 Å². The first-order chi connectivity index (χ1) is 9.29. The van der Waals surface area contributed by atoms with Gasteiger partial charge in [0.2, 0.25) is 5.95 Å². The van der Waals surface area contributed by atoms with E-state index < -0.39 is 15.8 Å². The van der Waals surface area contributed by atoms with E-state index in [4.69, 9.17) is 17.3 Å². The van der Waals surface area contributed by atoms with Gasteiger partial charge in [0.15, 0.2) is 0 Å². The fraction of sp³-hybridized carbons (Fsp3) is 0.0909. The minimum Gasteiger partial charge on any atom is -0.399 e. The van der Waals surface area contributed by atoms with Gasteiger partial charge in [0.25, 0.3) is 10.0 Å². The first-order valence-electron chi connectivity index (χ1n) is 5.36. The van der Waals surface area contributed by atoms with E-state index in [0.717, 1.165) is 12.1 Å². The summed E-state index contributed by atoms with van der Waals surface area (Å²) in [6.45, 7) is 1.34. The summed E-state index contributed by atoms with van der Waals surface area (Å²) in [6, 6.07) is 3.60. The molecule has 2 rings (SSSR count). The van der Waals surface area contributed by atoms with Crippen LogP contribution in [0.15, 0.2) is 29.3 Å². The van der Waals surface area contributed by atoms with Crippen LogP contribution < -0.4 is 10.5 Å². The Hall–Kier alpha value is -1.93. The maximum absolute atomic E-state index is 13.5. The summed E-state index contributed by atoms with van der Waals surface area (Å²) in [7, 11) is -4.06. The van der Waals surface area contributed by atoms with E-state index in [1.54, 1.807) is 0 Å². The molecule has 2 aromatic rings. The maximum Gasteiger partial charge on any atom is 0.264 e. The lowest BCUT2D eigenvalue weighted by molar-refractivity contribution is 0.591. The zero-order valence-corrected chi connectivity index (χ0v) is 11.8. The molecule has 0 saturated carbocycles. The van der Waals surface area contributed by atoms with Crippen molar-refractivity contribution in [3.8, 4) is 0 Å². The summed E-state index contributed by atoms with van der Waals surface area (Å²) in [6.07, 6.45) is 1.29. The first kappa shape index (κ1) is 14.5. The summed E-state index contributed by atoms with van der Waals surface area (Å²) < 4.78 is 40.0. The third kappa shape index (κ3) is 2.97. The Kier molecular flexibility index (Phi) is 3.78. The average Bonchev–Trinajstić information content (AvgIpc) is 2.33. The van der Waals surface area contributed by atoms with Crippen molar-refractivity contribution in [3.63, 3.8) is 0 Å². The Morgan fingerprint density at radius 1 is 1.40 bits per heavy atom. The normalized spacial score (nSPS) is 11.3. The van der Waals surface area contributed by atoms with Gasteiger partial charge in [-0.1, -0.05) is 11.6 Å². The van der Waals surface area contributed by atoms with Crippen molar-refractivity contribution in [2.24, 2.45) is 0 Å². The van der Waals surface area contributed by atoms with Crippen LogP contribution in [0.3, 0.4) is 0 Å². The van der Waals surface area contributed by atoms with E-state index in [-0.39, 0.29) is 27.2 Å². The maximum atomic E-state index is 13.5. The van der Waals surface area contributed by atoms with Crippen LogP contribution in [0.2, 0.25) is 5.15 Å². The highest BCUT2D eigenvalue weighted by molar-refractivity contribution is 7.92. The zero-order valence-electron chi connectivity index (χ0n) is 10.3. The van der Waals surface area contributed by atoms with E-state index in [1.165, 1.54) is 19.2 Å². The van der Waals surface area contributed by atoms with Gasteiger partial charge < -0.3 is 5.73 Å². The van der Waals surface area contributed by atoms with E-state index in [1.807, 2.05) is 0 Å². The highest BCUT2D eigenvalue weighted by Crippen LogP contribution is 2.23. The molecule has 1 aromatic carbocycles. The van der Waals surface area contributed by atoms with Gasteiger partial charge in [0, 0.05) is 17.4 Å². The molecule has 9 heteroatoms. The van der Waals surface area contributed by atoms with Gasteiger partial charge in [-0.2, -0.15) is 0 Å². The van der Waals surface area contributed by atoms with E-state index in [2.05, 4.69) is 14.7 Å². The minimum absolute atomic E-state index is 0.000451. The van der Waals surface area contributed by atoms with Crippen LogP contribution in [-0.4, -0.2) is 18.4 Å². The summed E-state index contributed by atoms with van der Waals surface area (Å²) in [5.74, 6) is -0.919. The molecule has 0 saturated heterocycles. The second-order valence-electron chi connectivity index (χ2n) is 3.93. The van der Waals surface area contributed by atoms with Crippen molar-refractivity contribution in [2.45, 2.75) is 11.8 Å². The molecule has 0 bridgehead atoms. The van der Waals surface area contributed by atoms with Crippen LogP contribution in [-0.2, 0) is 10.0 Å². The number of hydrogen-bond acceptors (Lipinski definition) is 5. The Balaban J connectivity index is 2.46. The van der Waals surface area contributed by atoms with E-state index in [9.17, 15) is 12.8 Å². The smallest absolute Gasteiger partial charge is 0.264 e. The van der Waals surface area contributed by atoms with Gasteiger partial charge in [-0.15, -0.1) is 0 Å². The van der Waals surface area contributed by atoms with Crippen molar-refractivity contribution in [3.05, 3.63) is 40.9 Å². The van der Waals surface area contributed by atoms with Crippen LogP contribution in [0.4, 0.5) is 16.0 Å². The van der Waals surface area contributed by atoms with Gasteiger partial charge >= 0.3 is 0 Å². The molecule has 0 fully saturated rings. The Morgan fingerprint density at radius 2 is 2.10 bits per heavy atom. The quantitative estimate of drug-likeness (QED) is 0.666. The largest absolute Gasteiger partial charge is 0.399 e. The van der Waals surface area contributed by atoms with Gasteiger partial charge in [0.05, 0.1) is 4.90 Å². The molecule has 0 unspecified atom stereocenters. The van der Waals surface area contributed by atoms with E-state index >= 15 is 0 Å². The number of nitrogens with one attached hydrogen (secondary N) is 1. The van der Waals surface area contributed by atoms with Gasteiger partial charge in [0.1, 0.15) is 11.0 Å². The van der Waals surface area contributed by atoms with Gasteiger partial charge in [-0.3, -0.25) is 0 Å². The summed E-state index contributed by atoms with van der Waals surface area (Å²) >= 11 is 5.64. The number of hydrogen-bond donors (Lipinski definition) is 2. The van der Waals surface area contributed by atoms with Crippen LogP contribution in [0.25, 0.3) is 0 Å². The fourth-order valence-electron chi connectivity index (χ4n) is 1.51. The Labute approximate surface area is 119 Å². The lowest BCUT2D eigenvalue weighted by Crippen LogP contribution is -2.17. The molecule has 0 amide bonds. The first-order valence-corrected chi connectivity index (χ1v) is 7.23. The number of anilines is 2. The topological polar surface area (TPSA) is 98.0 Å². The molecule has 0 aliphatic rings. The average molecular weight is 317 g/mol. The molecular weight excluding hydrogens is 307 g/mol. The van der Waals surface area contributed by atoms with Crippen molar-refractivity contribution in [1.29, 1.82) is 0 Å². The highest BCUT2D eigenvalue weighted by Gasteiger charge is 2.21. The molecule has 0 aliphatic heterocycles. The number of aromatic nitrogens is 2. The number of nitrogens with zero attached hydrogens (tertiary/aromatic N) is 2. The summed E-state index contributed by atoms with van der Waals surface area (Å²) in [5, 5.41) is 0.0770. The molecule has 1 heterocycles. The standard InChI is InChI=1S/C11H10ClFN4O2S/c1-6-8(13)4-7(14)5-9(6)20(18,19)17-11-15-3-2-10(12)16-11/h2-5H,14H2,1H3,(H,15,16,17). The molecule has 3 N–H and O–H groups in total. The van der Waals surface area contributed by atoms with Crippen LogP contribution in [0.1, 0.15) is 5.56 Å². The van der Waals surface area contributed by atoms with Crippen molar-refractivity contribution in [2.75, 3.05) is 10.5 Å². The molecule has 20 heavy (non-hydrogen) atoms. The Bertz CT molecular complexity index is 767. The number of nitrogen functional groups attached to an aromatic ring is 1. The third-order valence-electron chi connectivity index (χ3n) is 2.46. The number of nitrogens with two attached hydrogens (primary N) is 1. The third-order valence-corrected chi connectivity index (χ3v) is 4.12. The van der Waals surface area contributed by atoms with Crippen molar-refractivity contribution in [1.82, 2.24) is 9.97 Å². The van der Waals surface area contributed by atoms with Crippen LogP contribution in [0.5, 0.6) is 0 Å². The second kappa shape index (κ2) is 5.22. The predicted molar refractivity (Wildman–Crippen MR) is 73.4 cm³/mol.